The van der Waals surface area contributed by atoms with Crippen LogP contribution in [0.15, 0.2) is 59.5 Å². The Kier molecular flexibility index (Phi) is 5.26. The minimum absolute atomic E-state index is 0.0659. The average molecular weight is 425 g/mol. The van der Waals surface area contributed by atoms with Gasteiger partial charge in [0.2, 0.25) is 10.0 Å². The molecule has 7 heteroatoms. The number of amides is 1. The second-order valence-corrected chi connectivity index (χ2v) is 9.60. The van der Waals surface area contributed by atoms with Crippen molar-refractivity contribution in [3.05, 3.63) is 71.3 Å². The highest BCUT2D eigenvalue weighted by Gasteiger charge is 2.31. The van der Waals surface area contributed by atoms with Crippen LogP contribution in [-0.2, 0) is 10.0 Å². The first-order chi connectivity index (χ1) is 14.3. The summed E-state index contributed by atoms with van der Waals surface area (Å²) in [4.78, 5) is 14.8. The van der Waals surface area contributed by atoms with E-state index in [0.29, 0.717) is 0 Å². The number of nitrogens with zero attached hydrogens (tertiary/aromatic N) is 2. The largest absolute Gasteiger partial charge is 0.507 e. The first kappa shape index (κ1) is 20.4. The van der Waals surface area contributed by atoms with Gasteiger partial charge in [0, 0.05) is 26.2 Å². The minimum atomic E-state index is -3.61. The molecule has 0 aromatic heterocycles. The highest BCUT2D eigenvalue weighted by atomic mass is 32.2. The highest BCUT2D eigenvalue weighted by molar-refractivity contribution is 7.89. The predicted octanol–water partition coefficient (Wildman–Crippen LogP) is 3.31. The maximum Gasteiger partial charge on any atom is 0.257 e. The fraction of sp³-hybridized carbons (Fsp3) is 0.261. The molecule has 0 unspecified atom stereocenters. The summed E-state index contributed by atoms with van der Waals surface area (Å²) < 4.78 is 27.4. The van der Waals surface area contributed by atoms with E-state index in [1.165, 1.54) is 4.31 Å². The summed E-state index contributed by atoms with van der Waals surface area (Å²) in [5, 5.41) is 12.1. The van der Waals surface area contributed by atoms with E-state index in [1.54, 1.807) is 29.2 Å². The third kappa shape index (κ3) is 3.66. The molecule has 3 aromatic carbocycles. The molecule has 0 bridgehead atoms. The van der Waals surface area contributed by atoms with E-state index in [9.17, 15) is 18.3 Å². The van der Waals surface area contributed by atoms with E-state index >= 15 is 0 Å². The maximum atomic E-state index is 13.0. The first-order valence-corrected chi connectivity index (χ1v) is 11.3. The van der Waals surface area contributed by atoms with Crippen LogP contribution in [-0.4, -0.2) is 54.8 Å². The second-order valence-electron chi connectivity index (χ2n) is 7.66. The van der Waals surface area contributed by atoms with Crippen molar-refractivity contribution < 1.29 is 18.3 Å². The van der Waals surface area contributed by atoms with Crippen LogP contribution in [0.4, 0.5) is 0 Å². The molecular weight excluding hydrogens is 400 g/mol. The molecule has 6 nitrogen and oxygen atoms in total. The van der Waals surface area contributed by atoms with Crippen LogP contribution in [0.3, 0.4) is 0 Å². The Bertz CT molecular complexity index is 1230. The molecule has 1 fully saturated rings. The zero-order valence-electron chi connectivity index (χ0n) is 17.0. The van der Waals surface area contributed by atoms with E-state index in [2.05, 4.69) is 0 Å². The number of carbonyl (C=O) groups excluding carboxylic acids is 1. The lowest BCUT2D eigenvalue weighted by Gasteiger charge is -2.34. The number of rotatable bonds is 3. The van der Waals surface area contributed by atoms with Crippen molar-refractivity contribution >= 4 is 26.7 Å². The smallest absolute Gasteiger partial charge is 0.257 e. The van der Waals surface area contributed by atoms with Crippen LogP contribution in [0.5, 0.6) is 5.75 Å². The fourth-order valence-corrected chi connectivity index (χ4v) is 5.23. The summed E-state index contributed by atoms with van der Waals surface area (Å²) in [5.41, 5.74) is 2.20. The van der Waals surface area contributed by atoms with Crippen molar-refractivity contribution in [1.29, 1.82) is 0 Å². The van der Waals surface area contributed by atoms with Crippen LogP contribution < -0.4 is 0 Å². The van der Waals surface area contributed by atoms with Crippen LogP contribution in [0.25, 0.3) is 10.8 Å². The number of phenols is 1. The van der Waals surface area contributed by atoms with Crippen molar-refractivity contribution in [3.63, 3.8) is 0 Å². The number of benzene rings is 3. The van der Waals surface area contributed by atoms with Crippen molar-refractivity contribution in [3.8, 4) is 5.75 Å². The monoisotopic (exact) mass is 424 g/mol. The highest BCUT2D eigenvalue weighted by Crippen LogP contribution is 2.27. The quantitative estimate of drug-likeness (QED) is 0.700. The van der Waals surface area contributed by atoms with Gasteiger partial charge in [0.25, 0.3) is 5.91 Å². The topological polar surface area (TPSA) is 77.9 Å². The van der Waals surface area contributed by atoms with Gasteiger partial charge in [0.1, 0.15) is 5.75 Å². The van der Waals surface area contributed by atoms with Crippen LogP contribution in [0.2, 0.25) is 0 Å². The van der Waals surface area contributed by atoms with Gasteiger partial charge in [-0.25, -0.2) is 8.42 Å². The molecule has 156 valence electrons. The van der Waals surface area contributed by atoms with Gasteiger partial charge in [-0.15, -0.1) is 0 Å². The number of piperazine rings is 1. The van der Waals surface area contributed by atoms with Gasteiger partial charge in [-0.1, -0.05) is 30.3 Å². The van der Waals surface area contributed by atoms with Gasteiger partial charge in [0.15, 0.2) is 0 Å². The summed E-state index contributed by atoms with van der Waals surface area (Å²) in [7, 11) is -3.61. The summed E-state index contributed by atoms with van der Waals surface area (Å²) in [6, 6.07) is 15.9. The Morgan fingerprint density at radius 2 is 1.50 bits per heavy atom. The predicted molar refractivity (Wildman–Crippen MR) is 116 cm³/mol. The Morgan fingerprint density at radius 1 is 0.867 bits per heavy atom. The van der Waals surface area contributed by atoms with Gasteiger partial charge >= 0.3 is 0 Å². The molecule has 1 amide bonds. The van der Waals surface area contributed by atoms with E-state index in [0.717, 1.165) is 21.9 Å². The van der Waals surface area contributed by atoms with Gasteiger partial charge < -0.3 is 10.0 Å². The number of hydrogen-bond donors (Lipinski definition) is 1. The summed E-state index contributed by atoms with van der Waals surface area (Å²) in [5.74, 6) is -0.356. The number of carbonyl (C=O) groups is 1. The van der Waals surface area contributed by atoms with Crippen LogP contribution in [0.1, 0.15) is 21.5 Å². The second kappa shape index (κ2) is 7.74. The molecule has 1 N–H and O–H groups in total. The number of phenolic OH excluding ortho intramolecular Hbond substituents is 1. The van der Waals surface area contributed by atoms with Crippen LogP contribution >= 0.6 is 0 Å². The molecule has 0 aliphatic carbocycles. The normalized spacial score (nSPS) is 15.5. The zero-order valence-corrected chi connectivity index (χ0v) is 17.8. The summed E-state index contributed by atoms with van der Waals surface area (Å²) in [6.45, 7) is 4.81. The number of aryl methyl sites for hydroxylation is 2. The standard InChI is InChI=1S/C23H24N2O4S/c1-16-7-8-20(13-17(16)2)30(28,29)25-11-9-24(10-12-25)23(27)21-14-18-5-3-4-6-19(18)15-22(21)26/h3-8,13-15,26H,9-12H2,1-2H3. The molecule has 1 aliphatic rings. The van der Waals surface area contributed by atoms with Crippen LogP contribution in [0, 0.1) is 13.8 Å². The molecule has 4 rings (SSSR count). The van der Waals surface area contributed by atoms with Gasteiger partial charge in [-0.05, 0) is 60.0 Å². The SMILES string of the molecule is Cc1ccc(S(=O)(=O)N2CCN(C(=O)c3cc4ccccc4cc3O)CC2)cc1C. The summed E-state index contributed by atoms with van der Waals surface area (Å²) >= 11 is 0. The average Bonchev–Trinajstić information content (AvgIpc) is 2.74. The van der Waals surface area contributed by atoms with E-state index in [1.807, 2.05) is 44.2 Å². The third-order valence-corrected chi connectivity index (χ3v) is 7.63. The Balaban J connectivity index is 1.51. The van der Waals surface area contributed by atoms with E-state index in [4.69, 9.17) is 0 Å². The lowest BCUT2D eigenvalue weighted by Crippen LogP contribution is -2.50. The van der Waals surface area contributed by atoms with Crippen molar-refractivity contribution in [2.75, 3.05) is 26.2 Å². The number of fused-ring (bicyclic) bond motifs is 1. The molecule has 3 aromatic rings. The number of aromatic hydroxyl groups is 1. The molecule has 1 aliphatic heterocycles. The van der Waals surface area contributed by atoms with Gasteiger partial charge in [-0.2, -0.15) is 4.31 Å². The van der Waals surface area contributed by atoms with Crippen molar-refractivity contribution in [2.45, 2.75) is 18.7 Å². The Labute approximate surface area is 176 Å². The molecule has 0 radical (unpaired) electrons. The number of sulfonamides is 1. The van der Waals surface area contributed by atoms with Gasteiger partial charge in [0.05, 0.1) is 10.5 Å². The molecule has 0 atom stereocenters. The zero-order chi connectivity index (χ0) is 21.5. The molecule has 1 heterocycles. The molecule has 0 spiro atoms. The molecule has 1 saturated heterocycles. The lowest BCUT2D eigenvalue weighted by atomic mass is 10.0. The van der Waals surface area contributed by atoms with Crippen molar-refractivity contribution in [1.82, 2.24) is 9.21 Å². The van der Waals surface area contributed by atoms with Gasteiger partial charge in [-0.3, -0.25) is 4.79 Å². The Morgan fingerprint density at radius 3 is 2.13 bits per heavy atom. The van der Waals surface area contributed by atoms with E-state index in [-0.39, 0.29) is 48.3 Å². The van der Waals surface area contributed by atoms with Crippen molar-refractivity contribution in [2.24, 2.45) is 0 Å². The molecular formula is C23H24N2O4S. The molecule has 0 saturated carbocycles. The fourth-order valence-electron chi connectivity index (χ4n) is 3.72. The minimum Gasteiger partial charge on any atom is -0.507 e. The third-order valence-electron chi connectivity index (χ3n) is 5.74. The Hall–Kier alpha value is -2.90. The first-order valence-electron chi connectivity index (χ1n) is 9.86. The maximum absolute atomic E-state index is 13.0. The van der Waals surface area contributed by atoms with E-state index < -0.39 is 10.0 Å². The molecule has 30 heavy (non-hydrogen) atoms. The number of hydrogen-bond acceptors (Lipinski definition) is 4. The lowest BCUT2D eigenvalue weighted by molar-refractivity contribution is 0.0695. The summed E-state index contributed by atoms with van der Waals surface area (Å²) in [6.07, 6.45) is 0.